The van der Waals surface area contributed by atoms with Crippen LogP contribution in [0.1, 0.15) is 11.1 Å². The number of amidine groups is 1. The van der Waals surface area contributed by atoms with Crippen LogP contribution in [0.4, 0.5) is 5.69 Å². The zero-order valence-corrected chi connectivity index (χ0v) is 20.3. The van der Waals surface area contributed by atoms with Gasteiger partial charge in [0.05, 0.1) is 17.7 Å². The number of aliphatic imine (C=N–C) groups is 1. The van der Waals surface area contributed by atoms with E-state index in [0.717, 1.165) is 16.8 Å². The molecule has 5 rings (SSSR count). The van der Waals surface area contributed by atoms with Crippen LogP contribution in [0.25, 0.3) is 16.8 Å². The van der Waals surface area contributed by atoms with Gasteiger partial charge >= 0.3 is 0 Å². The lowest BCUT2D eigenvalue weighted by molar-refractivity contribution is -0.121. The summed E-state index contributed by atoms with van der Waals surface area (Å²) in [5, 5.41) is 3.00. The van der Waals surface area contributed by atoms with E-state index < -0.39 is 0 Å². The Morgan fingerprint density at radius 3 is 2.51 bits per heavy atom. The number of likely N-dealkylation sites (N-methyl/N-ethyl adjacent to an activating group) is 1. The fourth-order valence-corrected chi connectivity index (χ4v) is 4.87. The molecule has 4 aromatic carbocycles. The molecule has 0 atom stereocenters. The van der Waals surface area contributed by atoms with E-state index in [1.165, 1.54) is 22.5 Å². The molecular formula is C29H24N2O3S. The third-order valence-electron chi connectivity index (χ3n) is 5.73. The summed E-state index contributed by atoms with van der Waals surface area (Å²) in [4.78, 5) is 19.6. The van der Waals surface area contributed by atoms with Gasteiger partial charge < -0.3 is 9.47 Å². The molecule has 0 bridgehead atoms. The van der Waals surface area contributed by atoms with E-state index in [-0.39, 0.29) is 5.91 Å². The van der Waals surface area contributed by atoms with Crippen molar-refractivity contribution in [2.75, 3.05) is 14.2 Å². The highest BCUT2D eigenvalue weighted by Gasteiger charge is 2.30. The summed E-state index contributed by atoms with van der Waals surface area (Å²) in [6.07, 6.45) is 1.86. The quantitative estimate of drug-likeness (QED) is 0.290. The van der Waals surface area contributed by atoms with Gasteiger partial charge in [-0.05, 0) is 64.0 Å². The van der Waals surface area contributed by atoms with Crippen molar-refractivity contribution < 1.29 is 14.3 Å². The average molecular weight is 481 g/mol. The Bertz CT molecular complexity index is 1440. The van der Waals surface area contributed by atoms with Gasteiger partial charge in [0.25, 0.3) is 5.91 Å². The molecule has 5 nitrogen and oxygen atoms in total. The normalized spacial score (nSPS) is 15.8. The van der Waals surface area contributed by atoms with Crippen molar-refractivity contribution in [2.24, 2.45) is 4.99 Å². The lowest BCUT2D eigenvalue weighted by Gasteiger charge is -2.13. The van der Waals surface area contributed by atoms with Crippen molar-refractivity contribution in [3.8, 4) is 11.5 Å². The van der Waals surface area contributed by atoms with Crippen molar-refractivity contribution in [3.05, 3.63) is 107 Å². The van der Waals surface area contributed by atoms with Gasteiger partial charge in [-0.2, -0.15) is 0 Å². The monoisotopic (exact) mass is 480 g/mol. The molecule has 1 fully saturated rings. The maximum Gasteiger partial charge on any atom is 0.266 e. The number of methoxy groups -OCH3 is 1. The van der Waals surface area contributed by atoms with E-state index in [1.54, 1.807) is 19.1 Å². The fraction of sp³-hybridized carbons (Fsp3) is 0.103. The van der Waals surface area contributed by atoms with Crippen LogP contribution in [0.2, 0.25) is 0 Å². The average Bonchev–Trinajstić information content (AvgIpc) is 3.15. The molecule has 1 aliphatic rings. The summed E-state index contributed by atoms with van der Waals surface area (Å²) >= 11 is 1.36. The van der Waals surface area contributed by atoms with Gasteiger partial charge in [-0.25, -0.2) is 4.99 Å². The Morgan fingerprint density at radius 2 is 1.69 bits per heavy atom. The molecule has 1 heterocycles. The van der Waals surface area contributed by atoms with E-state index in [9.17, 15) is 4.79 Å². The van der Waals surface area contributed by atoms with Gasteiger partial charge in [0.1, 0.15) is 6.61 Å². The first-order valence-corrected chi connectivity index (χ1v) is 12.0. The van der Waals surface area contributed by atoms with Gasteiger partial charge in [0.15, 0.2) is 16.7 Å². The zero-order valence-electron chi connectivity index (χ0n) is 19.5. The van der Waals surface area contributed by atoms with Crippen LogP contribution in [0.15, 0.2) is 101 Å². The molecule has 0 spiro atoms. The maximum atomic E-state index is 12.8. The Labute approximate surface area is 208 Å². The fourth-order valence-electron chi connectivity index (χ4n) is 3.88. The van der Waals surface area contributed by atoms with Crippen molar-refractivity contribution in [2.45, 2.75) is 6.61 Å². The number of fused-ring (bicyclic) bond motifs is 1. The highest BCUT2D eigenvalue weighted by Crippen LogP contribution is 2.35. The Balaban J connectivity index is 1.35. The zero-order chi connectivity index (χ0) is 24.2. The number of amides is 1. The number of benzene rings is 4. The topological polar surface area (TPSA) is 51.1 Å². The smallest absolute Gasteiger partial charge is 0.266 e. The number of hydrogen-bond acceptors (Lipinski definition) is 5. The second-order valence-electron chi connectivity index (χ2n) is 8.04. The molecule has 0 radical (unpaired) electrons. The molecule has 0 saturated carbocycles. The third-order valence-corrected chi connectivity index (χ3v) is 6.79. The van der Waals surface area contributed by atoms with Crippen LogP contribution < -0.4 is 9.47 Å². The molecular weight excluding hydrogens is 456 g/mol. The largest absolute Gasteiger partial charge is 0.493 e. The number of carbonyl (C=O) groups is 1. The Morgan fingerprint density at radius 1 is 0.914 bits per heavy atom. The molecule has 174 valence electrons. The summed E-state index contributed by atoms with van der Waals surface area (Å²) in [5.74, 6) is 1.18. The van der Waals surface area contributed by atoms with Crippen molar-refractivity contribution >= 4 is 45.4 Å². The lowest BCUT2D eigenvalue weighted by atomic mass is 10.1. The molecule has 6 heteroatoms. The third kappa shape index (κ3) is 4.93. The maximum absolute atomic E-state index is 12.8. The van der Waals surface area contributed by atoms with Crippen LogP contribution in [0.3, 0.4) is 0 Å². The summed E-state index contributed by atoms with van der Waals surface area (Å²) in [7, 11) is 3.35. The van der Waals surface area contributed by atoms with E-state index in [2.05, 4.69) is 29.3 Å². The standard InChI is InChI=1S/C29H24N2O3S/c1-31-28(32)27(35-29(31)30-23-12-4-3-5-13-23)18-20-15-16-25(26(17-20)33-2)34-19-22-11-8-10-21-9-6-7-14-24(21)22/h3-18H,19H2,1-2H3/b27-18-,30-29?. The van der Waals surface area contributed by atoms with Gasteiger partial charge in [-0.1, -0.05) is 66.7 Å². The summed E-state index contributed by atoms with van der Waals surface area (Å²) in [6.45, 7) is 0.427. The van der Waals surface area contributed by atoms with Crippen molar-refractivity contribution in [1.29, 1.82) is 0 Å². The van der Waals surface area contributed by atoms with Crippen LogP contribution in [0.5, 0.6) is 11.5 Å². The minimum absolute atomic E-state index is 0.0834. The predicted molar refractivity (Wildman–Crippen MR) is 143 cm³/mol. The van der Waals surface area contributed by atoms with Crippen LogP contribution >= 0.6 is 11.8 Å². The van der Waals surface area contributed by atoms with Gasteiger partial charge in [-0.3, -0.25) is 9.69 Å². The lowest BCUT2D eigenvalue weighted by Crippen LogP contribution is -2.23. The summed E-state index contributed by atoms with van der Waals surface area (Å²) < 4.78 is 11.7. The van der Waals surface area contributed by atoms with E-state index >= 15 is 0 Å². The van der Waals surface area contributed by atoms with Crippen LogP contribution in [-0.4, -0.2) is 30.1 Å². The first kappa shape index (κ1) is 22.7. The van der Waals surface area contributed by atoms with Crippen LogP contribution in [-0.2, 0) is 11.4 Å². The number of para-hydroxylation sites is 1. The van der Waals surface area contributed by atoms with Crippen molar-refractivity contribution in [1.82, 2.24) is 4.90 Å². The molecule has 35 heavy (non-hydrogen) atoms. The van der Waals surface area contributed by atoms with E-state index in [4.69, 9.17) is 9.47 Å². The molecule has 0 N–H and O–H groups in total. The first-order valence-electron chi connectivity index (χ1n) is 11.2. The number of nitrogens with zero attached hydrogens (tertiary/aromatic N) is 2. The summed E-state index contributed by atoms with van der Waals surface area (Å²) in [5.41, 5.74) is 2.77. The van der Waals surface area contributed by atoms with Crippen LogP contribution in [0, 0.1) is 0 Å². The number of ether oxygens (including phenoxy) is 2. The van der Waals surface area contributed by atoms with E-state index in [1.807, 2.05) is 72.8 Å². The molecule has 0 unspecified atom stereocenters. The molecule has 1 amide bonds. The first-order chi connectivity index (χ1) is 17.1. The second kappa shape index (κ2) is 10.1. The predicted octanol–water partition coefficient (Wildman–Crippen LogP) is 6.66. The molecule has 0 aromatic heterocycles. The van der Waals surface area contributed by atoms with Gasteiger partial charge in [0, 0.05) is 7.05 Å². The Hall–Kier alpha value is -4.03. The molecule has 1 saturated heterocycles. The minimum Gasteiger partial charge on any atom is -0.493 e. The SMILES string of the molecule is COc1cc(/C=C2\SC(=Nc3ccccc3)N(C)C2=O)ccc1OCc1cccc2ccccc12. The van der Waals surface area contributed by atoms with Gasteiger partial charge in [-0.15, -0.1) is 0 Å². The van der Waals surface area contributed by atoms with E-state index in [0.29, 0.717) is 28.2 Å². The molecule has 1 aliphatic heterocycles. The highest BCUT2D eigenvalue weighted by molar-refractivity contribution is 8.18. The van der Waals surface area contributed by atoms with Gasteiger partial charge in [0.2, 0.25) is 0 Å². The number of rotatable bonds is 6. The highest BCUT2D eigenvalue weighted by atomic mass is 32.2. The molecule has 0 aliphatic carbocycles. The number of hydrogen-bond donors (Lipinski definition) is 0. The number of thioether (sulfide) groups is 1. The minimum atomic E-state index is -0.0834. The molecule has 4 aromatic rings. The second-order valence-corrected chi connectivity index (χ2v) is 9.05. The number of carbonyl (C=O) groups excluding carboxylic acids is 1. The van der Waals surface area contributed by atoms with Crippen molar-refractivity contribution in [3.63, 3.8) is 0 Å². The summed E-state index contributed by atoms with van der Waals surface area (Å²) in [6, 6.07) is 29.8. The Kier molecular flexibility index (Phi) is 6.55.